The summed E-state index contributed by atoms with van der Waals surface area (Å²) in [5, 5.41) is 9.16. The number of hydrogen-bond acceptors (Lipinski definition) is 3. The van der Waals surface area contributed by atoms with E-state index in [1.165, 1.54) is 14.7 Å². The Kier molecular flexibility index (Phi) is 3.38. The van der Waals surface area contributed by atoms with Gasteiger partial charge in [-0.3, -0.25) is 0 Å². The van der Waals surface area contributed by atoms with Gasteiger partial charge in [0.15, 0.2) is 3.01 Å². The van der Waals surface area contributed by atoms with E-state index in [-0.39, 0.29) is 0 Å². The molecule has 5 heteroatoms. The summed E-state index contributed by atoms with van der Waals surface area (Å²) in [6.45, 7) is 2.11. The second-order valence-corrected chi connectivity index (χ2v) is 6.61. The highest BCUT2D eigenvalue weighted by Gasteiger charge is 2.09. The van der Waals surface area contributed by atoms with Crippen molar-refractivity contribution < 1.29 is 0 Å². The molecule has 72 valence electrons. The Hall–Kier alpha value is 0.240. The van der Waals surface area contributed by atoms with Crippen molar-refractivity contribution in [2.75, 3.05) is 0 Å². The Bertz CT molecular complexity index is 468. The number of aryl methyl sites for hydroxylation is 1. The predicted molar refractivity (Wildman–Crippen MR) is 75.5 cm³/mol. The minimum absolute atomic E-state index is 0.981. The average molecular weight is 428 g/mol. The summed E-state index contributed by atoms with van der Waals surface area (Å²) in [7, 11) is 0. The zero-order valence-corrected chi connectivity index (χ0v) is 12.4. The first-order valence-corrected chi connectivity index (χ1v) is 6.90. The van der Waals surface area contributed by atoms with Gasteiger partial charge in [0.25, 0.3) is 0 Å². The van der Waals surface area contributed by atoms with Crippen LogP contribution in [0.4, 0.5) is 0 Å². The molecule has 0 spiro atoms. The van der Waals surface area contributed by atoms with Crippen molar-refractivity contribution in [2.45, 2.75) is 6.92 Å². The molecule has 14 heavy (non-hydrogen) atoms. The van der Waals surface area contributed by atoms with Gasteiger partial charge in [-0.15, -0.1) is 10.2 Å². The van der Waals surface area contributed by atoms with E-state index in [1.807, 2.05) is 0 Å². The van der Waals surface area contributed by atoms with Crippen LogP contribution >= 0.6 is 56.5 Å². The van der Waals surface area contributed by atoms with Crippen molar-refractivity contribution in [3.05, 3.63) is 30.3 Å². The number of rotatable bonds is 1. The molecule has 0 N–H and O–H groups in total. The van der Waals surface area contributed by atoms with Crippen molar-refractivity contribution in [2.24, 2.45) is 0 Å². The molecule has 0 fully saturated rings. The highest BCUT2D eigenvalue weighted by molar-refractivity contribution is 14.1. The molecule has 0 bridgehead atoms. The molecule has 0 aliphatic carbocycles. The minimum atomic E-state index is 0.981. The van der Waals surface area contributed by atoms with Crippen molar-refractivity contribution in [1.29, 1.82) is 0 Å². The number of aromatic nitrogens is 2. The highest BCUT2D eigenvalue weighted by atomic mass is 127. The third-order valence-corrected chi connectivity index (χ3v) is 4.88. The third-order valence-electron chi connectivity index (χ3n) is 1.82. The molecule has 2 rings (SSSR count). The lowest BCUT2D eigenvalue weighted by Gasteiger charge is -2.02. The van der Waals surface area contributed by atoms with Crippen LogP contribution in [0.25, 0.3) is 10.6 Å². The van der Waals surface area contributed by atoms with Crippen molar-refractivity contribution in [3.63, 3.8) is 0 Å². The van der Waals surface area contributed by atoms with Crippen LogP contribution in [-0.4, -0.2) is 10.2 Å². The largest absolute Gasteiger partial charge is 0.178 e. The van der Waals surface area contributed by atoms with Gasteiger partial charge < -0.3 is 0 Å². The second-order valence-electron chi connectivity index (χ2n) is 2.80. The van der Waals surface area contributed by atoms with Gasteiger partial charge in [0.1, 0.15) is 5.01 Å². The maximum Gasteiger partial charge on any atom is 0.178 e. The van der Waals surface area contributed by atoms with Crippen molar-refractivity contribution in [1.82, 2.24) is 10.2 Å². The van der Waals surface area contributed by atoms with Crippen molar-refractivity contribution in [3.8, 4) is 10.6 Å². The van der Waals surface area contributed by atoms with Crippen LogP contribution in [0, 0.1) is 13.5 Å². The first-order chi connectivity index (χ1) is 6.68. The quantitative estimate of drug-likeness (QED) is 0.648. The Labute approximate surface area is 113 Å². The smallest absolute Gasteiger partial charge is 0.137 e. The zero-order chi connectivity index (χ0) is 10.1. The minimum Gasteiger partial charge on any atom is -0.137 e. The Morgan fingerprint density at radius 2 is 2.00 bits per heavy atom. The molecule has 0 radical (unpaired) electrons. The summed E-state index contributed by atoms with van der Waals surface area (Å²) in [6.07, 6.45) is 0. The van der Waals surface area contributed by atoms with Crippen LogP contribution in [0.15, 0.2) is 18.2 Å². The lowest BCUT2D eigenvalue weighted by Crippen LogP contribution is -1.85. The first-order valence-electron chi connectivity index (χ1n) is 3.93. The Morgan fingerprint density at radius 1 is 1.21 bits per heavy atom. The van der Waals surface area contributed by atoms with Gasteiger partial charge in [-0.25, -0.2) is 0 Å². The van der Waals surface area contributed by atoms with E-state index in [0.717, 1.165) is 8.02 Å². The number of nitrogens with zero attached hydrogens (tertiary/aromatic N) is 2. The van der Waals surface area contributed by atoms with Gasteiger partial charge in [-0.05, 0) is 57.7 Å². The lowest BCUT2D eigenvalue weighted by molar-refractivity contribution is 1.07. The summed E-state index contributed by atoms with van der Waals surface area (Å²) >= 11 is 6.17. The molecule has 0 saturated heterocycles. The van der Waals surface area contributed by atoms with Crippen molar-refractivity contribution >= 4 is 56.5 Å². The fraction of sp³-hybridized carbons (Fsp3) is 0.111. The van der Waals surface area contributed by atoms with Crippen LogP contribution < -0.4 is 0 Å². The van der Waals surface area contributed by atoms with Gasteiger partial charge in [0, 0.05) is 9.13 Å². The van der Waals surface area contributed by atoms with Gasteiger partial charge in [0.05, 0.1) is 0 Å². The summed E-state index contributed by atoms with van der Waals surface area (Å²) < 4.78 is 2.24. The summed E-state index contributed by atoms with van der Waals surface area (Å²) in [4.78, 5) is 0. The second kappa shape index (κ2) is 4.40. The van der Waals surface area contributed by atoms with E-state index >= 15 is 0 Å². The number of halogens is 2. The highest BCUT2D eigenvalue weighted by Crippen LogP contribution is 2.29. The van der Waals surface area contributed by atoms with Gasteiger partial charge in [-0.1, -0.05) is 29.5 Å². The van der Waals surface area contributed by atoms with Gasteiger partial charge in [0.2, 0.25) is 0 Å². The Morgan fingerprint density at radius 3 is 2.64 bits per heavy atom. The lowest BCUT2D eigenvalue weighted by atomic mass is 10.1. The van der Waals surface area contributed by atoms with Crippen LogP contribution in [0.3, 0.4) is 0 Å². The van der Waals surface area contributed by atoms with Crippen LogP contribution in [0.2, 0.25) is 0 Å². The standard InChI is InChI=1S/C9H6I2N2S/c1-5-3-2-4-6(7(5)10)8-12-13-9(11)14-8/h2-4H,1H3. The molecule has 0 aliphatic heterocycles. The average Bonchev–Trinajstić information content (AvgIpc) is 2.57. The van der Waals surface area contributed by atoms with E-state index in [9.17, 15) is 0 Å². The maximum absolute atomic E-state index is 4.14. The summed E-state index contributed by atoms with van der Waals surface area (Å²) in [5.74, 6) is 0. The molecule has 0 aliphatic rings. The summed E-state index contributed by atoms with van der Waals surface area (Å²) in [5.41, 5.74) is 2.47. The SMILES string of the molecule is Cc1cccc(-c2nnc(I)s2)c1I. The molecule has 1 aromatic carbocycles. The molecule has 0 atom stereocenters. The van der Waals surface area contributed by atoms with E-state index in [0.29, 0.717) is 0 Å². The zero-order valence-electron chi connectivity index (χ0n) is 7.29. The van der Waals surface area contributed by atoms with Gasteiger partial charge >= 0.3 is 0 Å². The Balaban J connectivity index is 2.57. The molecule has 0 unspecified atom stereocenters. The van der Waals surface area contributed by atoms with E-state index in [1.54, 1.807) is 11.3 Å². The van der Waals surface area contributed by atoms with Crippen LogP contribution in [-0.2, 0) is 0 Å². The molecular formula is C9H6I2N2S. The van der Waals surface area contributed by atoms with E-state index in [4.69, 9.17) is 0 Å². The molecule has 1 aromatic heterocycles. The first kappa shape index (κ1) is 10.7. The molecular weight excluding hydrogens is 422 g/mol. The van der Waals surface area contributed by atoms with Crippen LogP contribution in [0.5, 0.6) is 0 Å². The normalized spacial score (nSPS) is 10.5. The molecule has 1 heterocycles. The molecule has 0 saturated carbocycles. The van der Waals surface area contributed by atoms with Crippen LogP contribution in [0.1, 0.15) is 5.56 Å². The molecule has 2 nitrogen and oxygen atoms in total. The fourth-order valence-corrected chi connectivity index (χ4v) is 3.26. The third kappa shape index (κ3) is 2.08. The number of benzene rings is 1. The fourth-order valence-electron chi connectivity index (χ4n) is 1.13. The maximum atomic E-state index is 4.14. The number of hydrogen-bond donors (Lipinski definition) is 0. The topological polar surface area (TPSA) is 25.8 Å². The molecule has 0 amide bonds. The van der Waals surface area contributed by atoms with E-state index in [2.05, 4.69) is 80.5 Å². The van der Waals surface area contributed by atoms with E-state index < -0.39 is 0 Å². The monoisotopic (exact) mass is 428 g/mol. The molecule has 2 aromatic rings. The van der Waals surface area contributed by atoms with Gasteiger partial charge in [-0.2, -0.15) is 0 Å². The summed E-state index contributed by atoms with van der Waals surface area (Å²) in [6, 6.07) is 6.25. The predicted octanol–water partition coefficient (Wildman–Crippen LogP) is 3.72.